The van der Waals surface area contributed by atoms with Gasteiger partial charge in [0.2, 0.25) is 0 Å². The first-order valence-electron chi connectivity index (χ1n) is 6.49. The van der Waals surface area contributed by atoms with Gasteiger partial charge in [0.1, 0.15) is 5.65 Å². The Labute approximate surface area is 127 Å². The van der Waals surface area contributed by atoms with Gasteiger partial charge >= 0.3 is 0 Å². The van der Waals surface area contributed by atoms with E-state index < -0.39 is 0 Å². The number of halogens is 1. The van der Waals surface area contributed by atoms with Crippen LogP contribution in [0.1, 0.15) is 26.5 Å². The number of fused-ring (bicyclic) bond motifs is 1. The van der Waals surface area contributed by atoms with Gasteiger partial charge in [-0.2, -0.15) is 0 Å². The summed E-state index contributed by atoms with van der Waals surface area (Å²) in [6.07, 6.45) is 4.01. The molecule has 2 aromatic rings. The summed E-state index contributed by atoms with van der Waals surface area (Å²) in [5, 5.41) is 6.58. The molecule has 0 saturated carbocycles. The molecular weight excluding hydrogens is 318 g/mol. The molecule has 2 aromatic heterocycles. The van der Waals surface area contributed by atoms with Crippen LogP contribution in [0.2, 0.25) is 0 Å². The molecule has 5 nitrogen and oxygen atoms in total. The predicted molar refractivity (Wildman–Crippen MR) is 86.0 cm³/mol. The largest absolute Gasteiger partial charge is 0.352 e. The molecule has 108 valence electrons. The second-order valence-corrected chi connectivity index (χ2v) is 6.56. The SMILES string of the molecule is CN=C(NCc1cn2cc(Br)ccc2n1)NC(C)(C)C. The fourth-order valence-corrected chi connectivity index (χ4v) is 2.16. The van der Waals surface area contributed by atoms with E-state index in [-0.39, 0.29) is 5.54 Å². The zero-order chi connectivity index (χ0) is 14.8. The van der Waals surface area contributed by atoms with Crippen LogP contribution in [0.25, 0.3) is 5.65 Å². The van der Waals surface area contributed by atoms with Crippen molar-refractivity contribution < 1.29 is 0 Å². The average molecular weight is 338 g/mol. The van der Waals surface area contributed by atoms with E-state index in [1.807, 2.05) is 28.9 Å². The summed E-state index contributed by atoms with van der Waals surface area (Å²) < 4.78 is 3.04. The molecule has 0 aliphatic rings. The number of guanidine groups is 1. The molecule has 0 fully saturated rings. The van der Waals surface area contributed by atoms with Crippen molar-refractivity contribution in [2.24, 2.45) is 4.99 Å². The number of hydrogen-bond donors (Lipinski definition) is 2. The fraction of sp³-hybridized carbons (Fsp3) is 0.429. The van der Waals surface area contributed by atoms with E-state index in [4.69, 9.17) is 0 Å². The van der Waals surface area contributed by atoms with Crippen LogP contribution in [0.3, 0.4) is 0 Å². The van der Waals surface area contributed by atoms with Gasteiger partial charge < -0.3 is 15.0 Å². The maximum atomic E-state index is 4.55. The lowest BCUT2D eigenvalue weighted by Crippen LogP contribution is -2.47. The van der Waals surface area contributed by atoms with Crippen molar-refractivity contribution >= 4 is 27.5 Å². The van der Waals surface area contributed by atoms with Crippen molar-refractivity contribution in [3.8, 4) is 0 Å². The minimum Gasteiger partial charge on any atom is -0.352 e. The second-order valence-electron chi connectivity index (χ2n) is 5.65. The first kappa shape index (κ1) is 14.8. The number of nitrogens with one attached hydrogen (secondary N) is 2. The van der Waals surface area contributed by atoms with Crippen LogP contribution in [-0.2, 0) is 6.54 Å². The molecule has 20 heavy (non-hydrogen) atoms. The Balaban J connectivity index is 2.05. The first-order chi connectivity index (χ1) is 9.37. The summed E-state index contributed by atoms with van der Waals surface area (Å²) in [5.74, 6) is 0.774. The normalized spacial score (nSPS) is 12.8. The van der Waals surface area contributed by atoms with Crippen molar-refractivity contribution in [2.45, 2.75) is 32.9 Å². The molecule has 2 rings (SSSR count). The van der Waals surface area contributed by atoms with Crippen molar-refractivity contribution in [2.75, 3.05) is 7.05 Å². The number of nitrogens with zero attached hydrogens (tertiary/aromatic N) is 3. The Morgan fingerprint density at radius 2 is 2.10 bits per heavy atom. The maximum Gasteiger partial charge on any atom is 0.191 e. The second kappa shape index (κ2) is 5.83. The molecule has 0 aliphatic carbocycles. The van der Waals surface area contributed by atoms with E-state index in [2.05, 4.69) is 57.3 Å². The number of aromatic nitrogens is 2. The highest BCUT2D eigenvalue weighted by Gasteiger charge is 2.12. The Bertz CT molecular complexity index is 624. The van der Waals surface area contributed by atoms with Crippen LogP contribution < -0.4 is 10.6 Å². The molecule has 0 amide bonds. The van der Waals surface area contributed by atoms with Gasteiger partial charge in [0.25, 0.3) is 0 Å². The first-order valence-corrected chi connectivity index (χ1v) is 7.29. The third-order valence-corrected chi connectivity index (χ3v) is 3.09. The topological polar surface area (TPSA) is 53.7 Å². The fourth-order valence-electron chi connectivity index (χ4n) is 1.81. The number of pyridine rings is 1. The summed E-state index contributed by atoms with van der Waals surface area (Å²) in [5.41, 5.74) is 1.88. The summed E-state index contributed by atoms with van der Waals surface area (Å²) >= 11 is 3.45. The van der Waals surface area contributed by atoms with Crippen LogP contribution in [0.5, 0.6) is 0 Å². The highest BCUT2D eigenvalue weighted by atomic mass is 79.9. The molecule has 0 bridgehead atoms. The minimum atomic E-state index is -0.0222. The molecule has 0 atom stereocenters. The van der Waals surface area contributed by atoms with Crippen LogP contribution >= 0.6 is 15.9 Å². The Morgan fingerprint density at radius 3 is 2.75 bits per heavy atom. The smallest absolute Gasteiger partial charge is 0.191 e. The van der Waals surface area contributed by atoms with E-state index in [9.17, 15) is 0 Å². The Morgan fingerprint density at radius 1 is 1.35 bits per heavy atom. The average Bonchev–Trinajstić information content (AvgIpc) is 2.75. The molecule has 2 heterocycles. The molecule has 0 unspecified atom stereocenters. The van der Waals surface area contributed by atoms with E-state index >= 15 is 0 Å². The zero-order valence-corrected chi connectivity index (χ0v) is 13.8. The Hall–Kier alpha value is -1.56. The third-order valence-electron chi connectivity index (χ3n) is 2.62. The van der Waals surface area contributed by atoms with Gasteiger partial charge in [0.15, 0.2) is 5.96 Å². The maximum absolute atomic E-state index is 4.55. The van der Waals surface area contributed by atoms with Gasteiger partial charge in [-0.1, -0.05) is 0 Å². The summed E-state index contributed by atoms with van der Waals surface area (Å²) in [7, 11) is 1.77. The molecule has 0 radical (unpaired) electrons. The van der Waals surface area contributed by atoms with Crippen molar-refractivity contribution in [1.82, 2.24) is 20.0 Å². The van der Waals surface area contributed by atoms with Crippen molar-refractivity contribution in [3.05, 3.63) is 34.7 Å². The van der Waals surface area contributed by atoms with Gasteiger partial charge in [-0.15, -0.1) is 0 Å². The highest BCUT2D eigenvalue weighted by Crippen LogP contribution is 2.12. The van der Waals surface area contributed by atoms with E-state index in [0.29, 0.717) is 6.54 Å². The lowest BCUT2D eigenvalue weighted by atomic mass is 10.1. The van der Waals surface area contributed by atoms with Crippen LogP contribution in [0.4, 0.5) is 0 Å². The molecule has 6 heteroatoms. The zero-order valence-electron chi connectivity index (χ0n) is 12.2. The van der Waals surface area contributed by atoms with Crippen LogP contribution in [0, 0.1) is 0 Å². The summed E-state index contributed by atoms with van der Waals surface area (Å²) in [6.45, 7) is 6.93. The van der Waals surface area contributed by atoms with E-state index in [1.165, 1.54) is 0 Å². The highest BCUT2D eigenvalue weighted by molar-refractivity contribution is 9.10. The quantitative estimate of drug-likeness (QED) is 0.654. The van der Waals surface area contributed by atoms with Crippen LogP contribution in [0.15, 0.2) is 34.0 Å². The van der Waals surface area contributed by atoms with Crippen LogP contribution in [-0.4, -0.2) is 27.9 Å². The lowest BCUT2D eigenvalue weighted by Gasteiger charge is -2.23. The Kier molecular flexibility index (Phi) is 4.32. The van der Waals surface area contributed by atoms with Gasteiger partial charge in [0.05, 0.1) is 12.2 Å². The number of rotatable bonds is 2. The lowest BCUT2D eigenvalue weighted by molar-refractivity contribution is 0.501. The third kappa shape index (κ3) is 3.96. The number of hydrogen-bond acceptors (Lipinski definition) is 2. The molecule has 0 spiro atoms. The molecule has 2 N–H and O–H groups in total. The van der Waals surface area contributed by atoms with Crippen molar-refractivity contribution in [1.29, 1.82) is 0 Å². The molecule has 0 aliphatic heterocycles. The van der Waals surface area contributed by atoms with Gasteiger partial charge in [0, 0.05) is 29.5 Å². The number of imidazole rings is 1. The minimum absolute atomic E-state index is 0.0222. The van der Waals surface area contributed by atoms with Gasteiger partial charge in [-0.3, -0.25) is 4.99 Å². The monoisotopic (exact) mass is 337 g/mol. The summed E-state index contributed by atoms with van der Waals surface area (Å²) in [6, 6.07) is 3.97. The standard InChI is InChI=1S/C14H20BrN5/c1-14(2,3)19-13(16-4)17-7-11-9-20-8-10(15)5-6-12(20)18-11/h5-6,8-9H,7H2,1-4H3,(H2,16,17,19). The van der Waals surface area contributed by atoms with E-state index in [1.54, 1.807) is 7.05 Å². The van der Waals surface area contributed by atoms with Gasteiger partial charge in [-0.05, 0) is 48.8 Å². The van der Waals surface area contributed by atoms with Gasteiger partial charge in [-0.25, -0.2) is 4.98 Å². The van der Waals surface area contributed by atoms with Crippen molar-refractivity contribution in [3.63, 3.8) is 0 Å². The molecule has 0 saturated heterocycles. The molecular formula is C14H20BrN5. The summed E-state index contributed by atoms with van der Waals surface area (Å²) in [4.78, 5) is 8.76. The van der Waals surface area contributed by atoms with E-state index in [0.717, 1.165) is 21.8 Å². The number of aliphatic imine (C=N–C) groups is 1. The molecule has 0 aromatic carbocycles. The predicted octanol–water partition coefficient (Wildman–Crippen LogP) is 2.56.